The first-order chi connectivity index (χ1) is 10.6. The van der Waals surface area contributed by atoms with E-state index >= 15 is 0 Å². The fraction of sp³-hybridized carbons (Fsp3) is 0.250. The molecular weight excluding hydrogens is 284 g/mol. The first-order valence-electron chi connectivity index (χ1n) is 6.92. The topological polar surface area (TPSA) is 73.6 Å². The first kappa shape index (κ1) is 15.6. The molecule has 0 radical (unpaired) electrons. The van der Waals surface area contributed by atoms with E-state index < -0.39 is 4.92 Å². The summed E-state index contributed by atoms with van der Waals surface area (Å²) in [5.74, 6) is 1.40. The van der Waals surface area contributed by atoms with E-state index in [1.807, 2.05) is 25.1 Å². The number of rotatable bonds is 7. The Bertz CT molecular complexity index is 641. The zero-order chi connectivity index (χ0) is 15.9. The highest BCUT2D eigenvalue weighted by atomic mass is 16.6. The van der Waals surface area contributed by atoms with Crippen molar-refractivity contribution in [2.45, 2.75) is 13.5 Å². The van der Waals surface area contributed by atoms with Crippen molar-refractivity contribution in [3.8, 4) is 11.5 Å². The van der Waals surface area contributed by atoms with Crippen LogP contribution < -0.4 is 14.8 Å². The Morgan fingerprint density at radius 3 is 2.45 bits per heavy atom. The average molecular weight is 302 g/mol. The molecule has 0 bridgehead atoms. The third kappa shape index (κ3) is 3.88. The Morgan fingerprint density at radius 1 is 1.14 bits per heavy atom. The van der Waals surface area contributed by atoms with Gasteiger partial charge in [0.2, 0.25) is 0 Å². The number of nitro groups is 1. The van der Waals surface area contributed by atoms with Crippen LogP contribution >= 0.6 is 0 Å². The molecule has 0 aliphatic rings. The van der Waals surface area contributed by atoms with E-state index in [4.69, 9.17) is 9.47 Å². The van der Waals surface area contributed by atoms with Crippen LogP contribution in [0.4, 0.5) is 11.4 Å². The molecule has 0 saturated carbocycles. The summed E-state index contributed by atoms with van der Waals surface area (Å²) in [4.78, 5) is 10.2. The number of methoxy groups -OCH3 is 1. The lowest BCUT2D eigenvalue weighted by Gasteiger charge is -2.12. The van der Waals surface area contributed by atoms with Gasteiger partial charge in [0, 0.05) is 24.4 Å². The van der Waals surface area contributed by atoms with E-state index in [1.165, 1.54) is 12.1 Å². The van der Waals surface area contributed by atoms with Crippen LogP contribution in [0.25, 0.3) is 0 Å². The van der Waals surface area contributed by atoms with Crippen molar-refractivity contribution in [2.24, 2.45) is 0 Å². The van der Waals surface area contributed by atoms with Gasteiger partial charge in [-0.3, -0.25) is 10.1 Å². The number of nitrogens with zero attached hydrogens (tertiary/aromatic N) is 1. The standard InChI is InChI=1S/C16H18N2O4/c1-3-22-16-10-12(4-9-15(16)21-2)11-17-13-5-7-14(8-6-13)18(19)20/h4-10,17H,3,11H2,1-2H3. The summed E-state index contributed by atoms with van der Waals surface area (Å²) in [5.41, 5.74) is 1.93. The molecule has 116 valence electrons. The summed E-state index contributed by atoms with van der Waals surface area (Å²) in [5, 5.41) is 13.8. The maximum atomic E-state index is 10.6. The van der Waals surface area contributed by atoms with Crippen molar-refractivity contribution < 1.29 is 14.4 Å². The molecule has 0 spiro atoms. The largest absolute Gasteiger partial charge is 0.493 e. The van der Waals surface area contributed by atoms with E-state index in [1.54, 1.807) is 19.2 Å². The van der Waals surface area contributed by atoms with Crippen molar-refractivity contribution in [2.75, 3.05) is 19.0 Å². The molecule has 0 heterocycles. The van der Waals surface area contributed by atoms with Gasteiger partial charge in [0.15, 0.2) is 11.5 Å². The molecule has 0 aromatic heterocycles. The number of non-ortho nitro benzene ring substituents is 1. The first-order valence-corrected chi connectivity index (χ1v) is 6.92. The number of nitro benzene ring substituents is 1. The van der Waals surface area contributed by atoms with Gasteiger partial charge in [-0.1, -0.05) is 6.07 Å². The Morgan fingerprint density at radius 2 is 1.86 bits per heavy atom. The van der Waals surface area contributed by atoms with Crippen LogP contribution in [-0.2, 0) is 6.54 Å². The van der Waals surface area contributed by atoms with Crippen molar-refractivity contribution in [3.63, 3.8) is 0 Å². The molecule has 0 aliphatic carbocycles. The lowest BCUT2D eigenvalue weighted by Crippen LogP contribution is -2.01. The molecular formula is C16H18N2O4. The van der Waals surface area contributed by atoms with Gasteiger partial charge in [-0.15, -0.1) is 0 Å². The minimum atomic E-state index is -0.415. The fourth-order valence-corrected chi connectivity index (χ4v) is 2.00. The van der Waals surface area contributed by atoms with Gasteiger partial charge in [-0.2, -0.15) is 0 Å². The summed E-state index contributed by atoms with van der Waals surface area (Å²) >= 11 is 0. The molecule has 6 heteroatoms. The van der Waals surface area contributed by atoms with E-state index in [9.17, 15) is 10.1 Å². The second-order valence-corrected chi connectivity index (χ2v) is 4.58. The number of anilines is 1. The van der Waals surface area contributed by atoms with Gasteiger partial charge in [0.25, 0.3) is 5.69 Å². The Hall–Kier alpha value is -2.76. The van der Waals surface area contributed by atoms with E-state index in [0.29, 0.717) is 24.7 Å². The number of hydrogen-bond donors (Lipinski definition) is 1. The maximum Gasteiger partial charge on any atom is 0.269 e. The predicted molar refractivity (Wildman–Crippen MR) is 84.6 cm³/mol. The molecule has 0 fully saturated rings. The molecule has 2 aromatic rings. The van der Waals surface area contributed by atoms with Crippen molar-refractivity contribution >= 4 is 11.4 Å². The highest BCUT2D eigenvalue weighted by Crippen LogP contribution is 2.28. The van der Waals surface area contributed by atoms with Gasteiger partial charge in [0.05, 0.1) is 18.6 Å². The van der Waals surface area contributed by atoms with Crippen LogP contribution in [0.15, 0.2) is 42.5 Å². The summed E-state index contributed by atoms with van der Waals surface area (Å²) in [6.07, 6.45) is 0. The minimum Gasteiger partial charge on any atom is -0.493 e. The molecule has 0 saturated heterocycles. The molecule has 0 aliphatic heterocycles. The summed E-state index contributed by atoms with van der Waals surface area (Å²) in [7, 11) is 1.60. The molecule has 6 nitrogen and oxygen atoms in total. The smallest absolute Gasteiger partial charge is 0.269 e. The van der Waals surface area contributed by atoms with Crippen LogP contribution in [0.1, 0.15) is 12.5 Å². The highest BCUT2D eigenvalue weighted by Gasteiger charge is 2.06. The number of hydrogen-bond acceptors (Lipinski definition) is 5. The maximum absolute atomic E-state index is 10.6. The SMILES string of the molecule is CCOc1cc(CNc2ccc([N+](=O)[O-])cc2)ccc1OC. The van der Waals surface area contributed by atoms with Crippen LogP contribution in [-0.4, -0.2) is 18.6 Å². The Balaban J connectivity index is 2.04. The zero-order valence-corrected chi connectivity index (χ0v) is 12.5. The Kier molecular flexibility index (Phi) is 5.19. The quantitative estimate of drug-likeness (QED) is 0.624. The molecule has 0 atom stereocenters. The Labute approximate surface area is 128 Å². The van der Waals surface area contributed by atoms with Crippen molar-refractivity contribution in [1.82, 2.24) is 0 Å². The van der Waals surface area contributed by atoms with Crippen molar-refractivity contribution in [1.29, 1.82) is 0 Å². The van der Waals surface area contributed by atoms with Crippen LogP contribution in [0.5, 0.6) is 11.5 Å². The highest BCUT2D eigenvalue weighted by molar-refractivity contribution is 5.50. The van der Waals surface area contributed by atoms with E-state index in [0.717, 1.165) is 11.3 Å². The normalized spacial score (nSPS) is 10.1. The fourth-order valence-electron chi connectivity index (χ4n) is 2.00. The van der Waals surface area contributed by atoms with Gasteiger partial charge in [-0.05, 0) is 36.8 Å². The van der Waals surface area contributed by atoms with Crippen LogP contribution in [0.3, 0.4) is 0 Å². The number of ether oxygens (including phenoxy) is 2. The van der Waals surface area contributed by atoms with Gasteiger partial charge < -0.3 is 14.8 Å². The minimum absolute atomic E-state index is 0.0774. The molecule has 0 amide bonds. The zero-order valence-electron chi connectivity index (χ0n) is 12.5. The third-order valence-electron chi connectivity index (χ3n) is 3.10. The van der Waals surface area contributed by atoms with E-state index in [-0.39, 0.29) is 5.69 Å². The second kappa shape index (κ2) is 7.31. The summed E-state index contributed by atoms with van der Waals surface area (Å²) in [6, 6.07) is 12.0. The molecule has 0 unspecified atom stereocenters. The monoisotopic (exact) mass is 302 g/mol. The van der Waals surface area contributed by atoms with Crippen molar-refractivity contribution in [3.05, 3.63) is 58.1 Å². The van der Waals surface area contributed by atoms with Crippen LogP contribution in [0.2, 0.25) is 0 Å². The predicted octanol–water partition coefficient (Wildman–Crippen LogP) is 3.61. The van der Waals surface area contributed by atoms with Gasteiger partial charge in [-0.25, -0.2) is 0 Å². The van der Waals surface area contributed by atoms with Gasteiger partial charge >= 0.3 is 0 Å². The summed E-state index contributed by atoms with van der Waals surface area (Å²) < 4.78 is 10.8. The molecule has 1 N–H and O–H groups in total. The lowest BCUT2D eigenvalue weighted by molar-refractivity contribution is -0.384. The number of benzene rings is 2. The van der Waals surface area contributed by atoms with E-state index in [2.05, 4.69) is 5.32 Å². The van der Waals surface area contributed by atoms with Gasteiger partial charge in [0.1, 0.15) is 0 Å². The third-order valence-corrected chi connectivity index (χ3v) is 3.10. The average Bonchev–Trinajstić information content (AvgIpc) is 2.54. The lowest BCUT2D eigenvalue weighted by atomic mass is 10.2. The number of nitrogens with one attached hydrogen (secondary N) is 1. The molecule has 2 rings (SSSR count). The van der Waals surface area contributed by atoms with Crippen LogP contribution in [0, 0.1) is 10.1 Å². The second-order valence-electron chi connectivity index (χ2n) is 4.58. The molecule has 2 aromatic carbocycles. The molecule has 22 heavy (non-hydrogen) atoms. The summed E-state index contributed by atoms with van der Waals surface area (Å²) in [6.45, 7) is 3.07.